The molecule has 2 aromatic rings. The van der Waals surface area contributed by atoms with Crippen LogP contribution >= 0.6 is 39.9 Å². The van der Waals surface area contributed by atoms with E-state index in [9.17, 15) is 13.2 Å². The van der Waals surface area contributed by atoms with Gasteiger partial charge in [-0.2, -0.15) is 0 Å². The number of guanidine groups is 1. The maximum absolute atomic E-state index is 12.3. The van der Waals surface area contributed by atoms with Gasteiger partial charge in [0.1, 0.15) is 0 Å². The molecule has 0 aromatic heterocycles. The van der Waals surface area contributed by atoms with Gasteiger partial charge in [0.2, 0.25) is 0 Å². The average Bonchev–Trinajstić information content (AvgIpc) is 2.47. The van der Waals surface area contributed by atoms with Crippen molar-refractivity contribution in [3.05, 3.63) is 58.6 Å². The minimum absolute atomic E-state index is 0. The number of hydrogen-bond donors (Lipinski definition) is 2. The SMILES string of the molecule is I.NC(=NCc1ccc(Br)cc1)Nc1ccccc1OC(F)(F)F. The highest BCUT2D eigenvalue weighted by molar-refractivity contribution is 14.0. The summed E-state index contributed by atoms with van der Waals surface area (Å²) in [7, 11) is 0. The second-order valence-corrected chi connectivity index (χ2v) is 5.41. The monoisotopic (exact) mass is 515 g/mol. The van der Waals surface area contributed by atoms with Crippen molar-refractivity contribution in [2.45, 2.75) is 12.9 Å². The van der Waals surface area contributed by atoms with Crippen LogP contribution < -0.4 is 15.8 Å². The van der Waals surface area contributed by atoms with Crippen LogP contribution in [0.5, 0.6) is 5.75 Å². The van der Waals surface area contributed by atoms with Gasteiger partial charge >= 0.3 is 6.36 Å². The number of hydrogen-bond acceptors (Lipinski definition) is 2. The number of alkyl halides is 3. The summed E-state index contributed by atoms with van der Waals surface area (Å²) in [6, 6.07) is 13.1. The fourth-order valence-corrected chi connectivity index (χ4v) is 1.99. The molecule has 0 unspecified atom stereocenters. The van der Waals surface area contributed by atoms with Gasteiger partial charge in [0, 0.05) is 4.47 Å². The first-order chi connectivity index (χ1) is 10.8. The van der Waals surface area contributed by atoms with E-state index in [0.717, 1.165) is 10.0 Å². The molecular formula is C15H14BrF3IN3O. The largest absolute Gasteiger partial charge is 0.573 e. The molecule has 0 aliphatic carbocycles. The lowest BCUT2D eigenvalue weighted by molar-refractivity contribution is -0.274. The van der Waals surface area contributed by atoms with E-state index in [1.165, 1.54) is 18.2 Å². The van der Waals surface area contributed by atoms with Crippen molar-refractivity contribution in [1.29, 1.82) is 0 Å². The van der Waals surface area contributed by atoms with Crippen LogP contribution in [0.4, 0.5) is 18.9 Å². The van der Waals surface area contributed by atoms with Crippen LogP contribution in [0.15, 0.2) is 58.0 Å². The predicted molar refractivity (Wildman–Crippen MR) is 102 cm³/mol. The van der Waals surface area contributed by atoms with Crippen molar-refractivity contribution in [3.8, 4) is 5.75 Å². The molecule has 0 saturated carbocycles. The van der Waals surface area contributed by atoms with Gasteiger partial charge in [-0.15, -0.1) is 37.1 Å². The summed E-state index contributed by atoms with van der Waals surface area (Å²) in [6.07, 6.45) is -4.78. The number of nitrogens with one attached hydrogen (secondary N) is 1. The lowest BCUT2D eigenvalue weighted by atomic mass is 10.2. The van der Waals surface area contributed by atoms with Crippen molar-refractivity contribution in [1.82, 2.24) is 0 Å². The average molecular weight is 516 g/mol. The zero-order valence-corrected chi connectivity index (χ0v) is 16.1. The Morgan fingerprint density at radius 1 is 1.12 bits per heavy atom. The third-order valence-corrected chi connectivity index (χ3v) is 3.25. The second kappa shape index (κ2) is 9.11. The van der Waals surface area contributed by atoms with Crippen LogP contribution in [0.3, 0.4) is 0 Å². The van der Waals surface area contributed by atoms with E-state index in [0.29, 0.717) is 6.54 Å². The highest BCUT2D eigenvalue weighted by Crippen LogP contribution is 2.29. The molecule has 130 valence electrons. The number of benzene rings is 2. The summed E-state index contributed by atoms with van der Waals surface area (Å²) in [5.74, 6) is -0.382. The third kappa shape index (κ3) is 6.95. The number of nitrogens with zero attached hydrogens (tertiary/aromatic N) is 1. The fourth-order valence-electron chi connectivity index (χ4n) is 1.73. The Morgan fingerprint density at radius 2 is 1.75 bits per heavy atom. The molecule has 0 fully saturated rings. The summed E-state index contributed by atoms with van der Waals surface area (Å²) in [5.41, 5.74) is 6.71. The van der Waals surface area contributed by atoms with E-state index >= 15 is 0 Å². The van der Waals surface area contributed by atoms with Crippen LogP contribution in [0.1, 0.15) is 5.56 Å². The summed E-state index contributed by atoms with van der Waals surface area (Å²) in [4.78, 5) is 4.09. The molecule has 0 radical (unpaired) electrons. The zero-order valence-electron chi connectivity index (χ0n) is 12.2. The van der Waals surface area contributed by atoms with Gasteiger partial charge in [-0.05, 0) is 29.8 Å². The molecule has 0 heterocycles. The van der Waals surface area contributed by atoms with Gasteiger partial charge in [-0.1, -0.05) is 40.2 Å². The molecule has 0 aliphatic rings. The molecule has 24 heavy (non-hydrogen) atoms. The van der Waals surface area contributed by atoms with Gasteiger partial charge in [0.25, 0.3) is 0 Å². The molecule has 3 N–H and O–H groups in total. The Kier molecular flexibility index (Phi) is 7.80. The van der Waals surface area contributed by atoms with E-state index < -0.39 is 6.36 Å². The number of ether oxygens (including phenoxy) is 1. The van der Waals surface area contributed by atoms with Crippen molar-refractivity contribution in [2.24, 2.45) is 10.7 Å². The first kappa shape index (κ1) is 20.6. The number of nitrogens with two attached hydrogens (primary N) is 1. The van der Waals surface area contributed by atoms with Crippen LogP contribution in [0.25, 0.3) is 0 Å². The van der Waals surface area contributed by atoms with Crippen molar-refractivity contribution < 1.29 is 17.9 Å². The lowest BCUT2D eigenvalue weighted by Gasteiger charge is -2.14. The number of anilines is 1. The molecule has 0 bridgehead atoms. The molecule has 0 atom stereocenters. The van der Waals surface area contributed by atoms with E-state index in [-0.39, 0.29) is 41.4 Å². The lowest BCUT2D eigenvalue weighted by Crippen LogP contribution is -2.24. The first-order valence-electron chi connectivity index (χ1n) is 6.49. The minimum atomic E-state index is -4.78. The predicted octanol–water partition coefficient (Wildman–Crippen LogP) is 4.89. The molecule has 2 rings (SSSR count). The maximum atomic E-state index is 12.3. The molecular weight excluding hydrogens is 502 g/mol. The first-order valence-corrected chi connectivity index (χ1v) is 7.29. The Labute approximate surface area is 162 Å². The van der Waals surface area contributed by atoms with Gasteiger partial charge in [0.15, 0.2) is 11.7 Å². The Balaban J connectivity index is 0.00000288. The normalized spacial score (nSPS) is 11.6. The van der Waals surface area contributed by atoms with Crippen LogP contribution in [0, 0.1) is 0 Å². The van der Waals surface area contributed by atoms with Gasteiger partial charge in [-0.25, -0.2) is 4.99 Å². The molecule has 2 aromatic carbocycles. The topological polar surface area (TPSA) is 59.6 Å². The van der Waals surface area contributed by atoms with Crippen LogP contribution in [-0.4, -0.2) is 12.3 Å². The van der Waals surface area contributed by atoms with Crippen molar-refractivity contribution in [2.75, 3.05) is 5.32 Å². The molecule has 0 aliphatic heterocycles. The van der Waals surface area contributed by atoms with Crippen molar-refractivity contribution in [3.63, 3.8) is 0 Å². The molecule has 0 saturated heterocycles. The van der Waals surface area contributed by atoms with Gasteiger partial charge < -0.3 is 15.8 Å². The second-order valence-electron chi connectivity index (χ2n) is 4.50. The summed E-state index contributed by atoms with van der Waals surface area (Å²) < 4.78 is 41.9. The smallest absolute Gasteiger partial charge is 0.404 e. The van der Waals surface area contributed by atoms with E-state index in [2.05, 4.69) is 31.0 Å². The molecule has 9 heteroatoms. The Morgan fingerprint density at radius 3 is 2.38 bits per heavy atom. The Hall–Kier alpha value is -1.49. The van der Waals surface area contributed by atoms with E-state index in [1.807, 2.05) is 24.3 Å². The van der Waals surface area contributed by atoms with Gasteiger partial charge in [-0.3, -0.25) is 0 Å². The zero-order chi connectivity index (χ0) is 16.9. The molecule has 4 nitrogen and oxygen atoms in total. The number of aliphatic imine (C=N–C) groups is 1. The summed E-state index contributed by atoms with van der Waals surface area (Å²) in [6.45, 7) is 0.300. The number of rotatable bonds is 4. The maximum Gasteiger partial charge on any atom is 0.573 e. The van der Waals surface area contributed by atoms with Crippen molar-refractivity contribution >= 4 is 51.6 Å². The van der Waals surface area contributed by atoms with Gasteiger partial charge in [0.05, 0.1) is 12.2 Å². The highest BCUT2D eigenvalue weighted by Gasteiger charge is 2.32. The Bertz CT molecular complexity index is 693. The molecule has 0 amide bonds. The van der Waals surface area contributed by atoms with E-state index in [4.69, 9.17) is 5.73 Å². The number of halogens is 5. The summed E-state index contributed by atoms with van der Waals surface area (Å²) in [5, 5.41) is 2.61. The summed E-state index contributed by atoms with van der Waals surface area (Å²) >= 11 is 3.32. The highest BCUT2D eigenvalue weighted by atomic mass is 127. The molecule has 0 spiro atoms. The minimum Gasteiger partial charge on any atom is -0.404 e. The van der Waals surface area contributed by atoms with Crippen LogP contribution in [-0.2, 0) is 6.54 Å². The third-order valence-electron chi connectivity index (χ3n) is 2.72. The van der Waals surface area contributed by atoms with E-state index in [1.54, 1.807) is 6.07 Å². The quantitative estimate of drug-likeness (QED) is 0.346. The number of para-hydroxylation sites is 2. The fraction of sp³-hybridized carbons (Fsp3) is 0.133. The van der Waals surface area contributed by atoms with Crippen LogP contribution in [0.2, 0.25) is 0 Å². The standard InChI is InChI=1S/C15H13BrF3N3O.HI/c16-11-7-5-10(6-8-11)9-21-14(20)22-12-3-1-2-4-13(12)23-15(17,18)19;/h1-8H,9H2,(H3,20,21,22);1H.